The summed E-state index contributed by atoms with van der Waals surface area (Å²) >= 11 is 0. The van der Waals surface area contributed by atoms with Crippen molar-refractivity contribution in [3.63, 3.8) is 0 Å². The molecule has 0 bridgehead atoms. The molecule has 0 aliphatic heterocycles. The molecule has 6 nitrogen and oxygen atoms in total. The van der Waals surface area contributed by atoms with Crippen LogP contribution in [0.2, 0.25) is 0 Å². The van der Waals surface area contributed by atoms with Crippen molar-refractivity contribution in [3.05, 3.63) is 77.9 Å². The fraction of sp³-hybridized carbons (Fsp3) is 0.273. The maximum Gasteiger partial charge on any atom is 0.137 e. The van der Waals surface area contributed by atoms with Gasteiger partial charge in [-0.25, -0.2) is 18.4 Å². The second-order valence-corrected chi connectivity index (χ2v) is 6.95. The van der Waals surface area contributed by atoms with Gasteiger partial charge >= 0.3 is 0 Å². The van der Waals surface area contributed by atoms with Crippen LogP contribution in [-0.2, 0) is 18.7 Å². The van der Waals surface area contributed by atoms with E-state index in [9.17, 15) is 13.9 Å². The summed E-state index contributed by atoms with van der Waals surface area (Å²) in [7, 11) is 1.58. The van der Waals surface area contributed by atoms with E-state index >= 15 is 0 Å². The van der Waals surface area contributed by atoms with Gasteiger partial charge in [0.25, 0.3) is 0 Å². The van der Waals surface area contributed by atoms with Gasteiger partial charge in [-0.15, -0.1) is 6.42 Å². The smallest absolute Gasteiger partial charge is 0.137 e. The summed E-state index contributed by atoms with van der Waals surface area (Å²) in [6, 6.07) is 10.5. The number of terminal acetylenes is 1. The van der Waals surface area contributed by atoms with Crippen LogP contribution in [0.1, 0.15) is 11.1 Å². The minimum Gasteiger partial charge on any atom is -0.497 e. The molecule has 3 aromatic rings. The van der Waals surface area contributed by atoms with Gasteiger partial charge in [0.1, 0.15) is 35.6 Å². The van der Waals surface area contributed by atoms with Gasteiger partial charge in [0.15, 0.2) is 0 Å². The fourth-order valence-corrected chi connectivity index (χ4v) is 3.33. The first kappa shape index (κ1) is 21.4. The van der Waals surface area contributed by atoms with Gasteiger partial charge in [0, 0.05) is 24.7 Å². The van der Waals surface area contributed by atoms with Crippen LogP contribution in [0.5, 0.6) is 5.75 Å². The summed E-state index contributed by atoms with van der Waals surface area (Å²) in [6.07, 6.45) is 8.26. The van der Waals surface area contributed by atoms with Crippen LogP contribution in [0, 0.1) is 24.0 Å². The largest absolute Gasteiger partial charge is 0.497 e. The molecule has 1 atom stereocenters. The van der Waals surface area contributed by atoms with Crippen LogP contribution >= 0.6 is 0 Å². The fourth-order valence-electron chi connectivity index (χ4n) is 3.33. The Labute approximate surface area is 173 Å². The number of hydrogen-bond acceptors (Lipinski definition) is 5. The Kier molecular flexibility index (Phi) is 6.77. The summed E-state index contributed by atoms with van der Waals surface area (Å²) in [5, 5.41) is 15.5. The lowest BCUT2D eigenvalue weighted by molar-refractivity contribution is -0.0205. The Balaban J connectivity index is 1.91. The van der Waals surface area contributed by atoms with Crippen molar-refractivity contribution in [2.24, 2.45) is 0 Å². The Morgan fingerprint density at radius 2 is 2.00 bits per heavy atom. The van der Waals surface area contributed by atoms with E-state index in [2.05, 4.69) is 16.0 Å². The van der Waals surface area contributed by atoms with E-state index in [0.717, 1.165) is 23.4 Å². The molecule has 1 N–H and O–H groups in total. The number of methoxy groups -OCH3 is 1. The molecule has 30 heavy (non-hydrogen) atoms. The van der Waals surface area contributed by atoms with Crippen molar-refractivity contribution >= 4 is 0 Å². The molecule has 0 aliphatic carbocycles. The highest BCUT2D eigenvalue weighted by atomic mass is 19.1. The number of ether oxygens (including phenoxy) is 1. The van der Waals surface area contributed by atoms with Crippen LogP contribution in [0.4, 0.5) is 8.78 Å². The lowest BCUT2D eigenvalue weighted by Gasteiger charge is -2.34. The molecule has 0 aliphatic rings. The molecule has 8 heteroatoms. The highest BCUT2D eigenvalue weighted by Crippen LogP contribution is 2.28. The average molecular weight is 412 g/mol. The molecule has 0 amide bonds. The first-order chi connectivity index (χ1) is 14.4. The number of halogens is 2. The minimum absolute atomic E-state index is 0.00829. The van der Waals surface area contributed by atoms with E-state index in [-0.39, 0.29) is 25.2 Å². The predicted molar refractivity (Wildman–Crippen MR) is 107 cm³/mol. The molecule has 0 spiro atoms. The first-order valence-corrected chi connectivity index (χ1v) is 9.22. The van der Waals surface area contributed by atoms with E-state index < -0.39 is 17.2 Å². The van der Waals surface area contributed by atoms with Crippen molar-refractivity contribution in [1.29, 1.82) is 0 Å². The summed E-state index contributed by atoms with van der Waals surface area (Å²) in [5.74, 6) is 1.72. The zero-order valence-corrected chi connectivity index (χ0v) is 16.5. The Morgan fingerprint density at radius 3 is 2.60 bits per heavy atom. The Bertz CT molecular complexity index is 1000. The van der Waals surface area contributed by atoms with Gasteiger partial charge in [-0.2, -0.15) is 5.10 Å². The van der Waals surface area contributed by atoms with Gasteiger partial charge < -0.3 is 9.84 Å². The average Bonchev–Trinajstić information content (AvgIpc) is 3.21. The molecule has 2 aromatic carbocycles. The van der Waals surface area contributed by atoms with Crippen molar-refractivity contribution in [2.75, 3.05) is 20.2 Å². The summed E-state index contributed by atoms with van der Waals surface area (Å²) in [5.41, 5.74) is -0.834. The van der Waals surface area contributed by atoms with Gasteiger partial charge in [-0.3, -0.25) is 4.90 Å². The molecule has 1 unspecified atom stereocenters. The third-order valence-electron chi connectivity index (χ3n) is 4.69. The maximum atomic E-state index is 14.6. The van der Waals surface area contributed by atoms with Crippen molar-refractivity contribution in [3.8, 4) is 18.1 Å². The van der Waals surface area contributed by atoms with Crippen LogP contribution in [0.3, 0.4) is 0 Å². The van der Waals surface area contributed by atoms with Gasteiger partial charge in [-0.1, -0.05) is 24.1 Å². The standard InChI is InChI=1S/C22H22F2N4O2/c1-3-10-27(12-17-4-7-19(30-2)8-5-17)13-22(29,14-28-16-25-15-26-28)20-9-6-18(23)11-21(20)24/h1,4-9,11,15-16,29H,10,12-14H2,2H3. The molecule has 156 valence electrons. The number of benzene rings is 2. The normalized spacial score (nSPS) is 13.1. The Hall–Kier alpha value is -3.28. The molecular weight excluding hydrogens is 390 g/mol. The lowest BCUT2D eigenvalue weighted by atomic mass is 9.92. The van der Waals surface area contributed by atoms with E-state index in [0.29, 0.717) is 6.54 Å². The topological polar surface area (TPSA) is 63.4 Å². The molecule has 3 rings (SSSR count). The maximum absolute atomic E-state index is 14.6. The third kappa shape index (κ3) is 5.20. The molecule has 0 radical (unpaired) electrons. The van der Waals surface area contributed by atoms with Crippen molar-refractivity contribution in [2.45, 2.75) is 18.7 Å². The minimum atomic E-state index is -1.73. The molecule has 1 aromatic heterocycles. The molecular formula is C22H22F2N4O2. The number of aliphatic hydroxyl groups is 1. The summed E-state index contributed by atoms with van der Waals surface area (Å²) < 4.78 is 34.6. The summed E-state index contributed by atoms with van der Waals surface area (Å²) in [6.45, 7) is 0.538. The molecule has 0 saturated carbocycles. The highest BCUT2D eigenvalue weighted by Gasteiger charge is 2.35. The van der Waals surface area contributed by atoms with E-state index in [4.69, 9.17) is 11.2 Å². The van der Waals surface area contributed by atoms with Crippen LogP contribution < -0.4 is 4.74 Å². The first-order valence-electron chi connectivity index (χ1n) is 9.22. The predicted octanol–water partition coefficient (Wildman–Crippen LogP) is 2.59. The second-order valence-electron chi connectivity index (χ2n) is 6.95. The zero-order chi connectivity index (χ0) is 21.6. The Morgan fingerprint density at radius 1 is 1.23 bits per heavy atom. The number of nitrogens with zero attached hydrogens (tertiary/aromatic N) is 4. The zero-order valence-electron chi connectivity index (χ0n) is 16.5. The van der Waals surface area contributed by atoms with Crippen LogP contribution in [0.15, 0.2) is 55.1 Å². The number of rotatable bonds is 9. The van der Waals surface area contributed by atoms with Gasteiger partial charge in [-0.05, 0) is 23.8 Å². The lowest BCUT2D eigenvalue weighted by Crippen LogP contribution is -2.44. The van der Waals surface area contributed by atoms with Crippen LogP contribution in [0.25, 0.3) is 0 Å². The van der Waals surface area contributed by atoms with Crippen molar-refractivity contribution in [1.82, 2.24) is 19.7 Å². The van der Waals surface area contributed by atoms with Gasteiger partial charge in [0.2, 0.25) is 0 Å². The SMILES string of the molecule is C#CCN(Cc1ccc(OC)cc1)CC(O)(Cn1cncn1)c1ccc(F)cc1F. The summed E-state index contributed by atoms with van der Waals surface area (Å²) in [4.78, 5) is 5.67. The molecule has 0 saturated heterocycles. The van der Waals surface area contributed by atoms with E-state index in [1.807, 2.05) is 29.2 Å². The van der Waals surface area contributed by atoms with Gasteiger partial charge in [0.05, 0.1) is 20.2 Å². The number of aromatic nitrogens is 3. The van der Waals surface area contributed by atoms with Crippen LogP contribution in [-0.4, -0.2) is 45.0 Å². The second kappa shape index (κ2) is 9.48. The van der Waals surface area contributed by atoms with E-state index in [1.54, 1.807) is 7.11 Å². The number of hydrogen-bond donors (Lipinski definition) is 1. The highest BCUT2D eigenvalue weighted by molar-refractivity contribution is 5.28. The quantitative estimate of drug-likeness (QED) is 0.548. The monoisotopic (exact) mass is 412 g/mol. The molecule has 0 fully saturated rings. The van der Waals surface area contributed by atoms with Crippen molar-refractivity contribution < 1.29 is 18.6 Å². The third-order valence-corrected chi connectivity index (χ3v) is 4.69. The molecule has 1 heterocycles. The van der Waals surface area contributed by atoms with E-state index in [1.165, 1.54) is 23.4 Å².